The number of benzene rings is 2. The summed E-state index contributed by atoms with van der Waals surface area (Å²) in [4.78, 5) is 19.1. The van der Waals surface area contributed by atoms with Crippen LogP contribution < -0.4 is 4.74 Å². The van der Waals surface area contributed by atoms with Crippen LogP contribution in [0.15, 0.2) is 71.9 Å². The zero-order valence-electron chi connectivity index (χ0n) is 20.5. The molecule has 1 amide bonds. The van der Waals surface area contributed by atoms with Crippen LogP contribution in [0.25, 0.3) is 0 Å². The smallest absolute Gasteiger partial charge is 0.417 e. The van der Waals surface area contributed by atoms with Crippen molar-refractivity contribution < 1.29 is 35.9 Å². The Kier molecular flexibility index (Phi) is 7.54. The number of halogens is 6. The maximum absolute atomic E-state index is 13.3. The van der Waals surface area contributed by atoms with Crippen LogP contribution in [0.2, 0.25) is 0 Å². The van der Waals surface area contributed by atoms with E-state index in [4.69, 9.17) is 4.74 Å². The first kappa shape index (κ1) is 27.4. The first-order valence-electron chi connectivity index (χ1n) is 12.4. The standard InChI is InChI=1S/C28H24F6N2O2S/c29-27(30,31)19-2-1-3-23(12-19)38-24-13-21-9-10-22(14-24)36(21)26(37)18-6-4-17(5-7-18)16-39-25-11-8-20(15-35-25)28(32,33)34/h1-8,11-12,15,21-22,24H,9-10,13-14,16H2. The van der Waals surface area contributed by atoms with Crippen LogP contribution in [0.4, 0.5) is 26.3 Å². The average molecular weight is 567 g/mol. The molecule has 2 atom stereocenters. The molecule has 2 aliphatic rings. The molecule has 2 aliphatic heterocycles. The predicted molar refractivity (Wildman–Crippen MR) is 133 cm³/mol. The van der Waals surface area contributed by atoms with E-state index in [1.807, 2.05) is 17.0 Å². The van der Waals surface area contributed by atoms with Crippen LogP contribution in [0.5, 0.6) is 5.75 Å². The lowest BCUT2D eigenvalue weighted by Gasteiger charge is -2.39. The van der Waals surface area contributed by atoms with E-state index in [1.54, 1.807) is 12.1 Å². The van der Waals surface area contributed by atoms with Crippen LogP contribution in [0.1, 0.15) is 52.7 Å². The lowest BCUT2D eigenvalue weighted by atomic mass is 9.98. The number of carbonyl (C=O) groups is 1. The third-order valence-corrected chi connectivity index (χ3v) is 8.05. The number of hydrogen-bond donors (Lipinski definition) is 0. The Morgan fingerprint density at radius 3 is 2.15 bits per heavy atom. The summed E-state index contributed by atoms with van der Waals surface area (Å²) in [6.07, 6.45) is -5.60. The van der Waals surface area contributed by atoms with E-state index >= 15 is 0 Å². The molecule has 0 aliphatic carbocycles. The van der Waals surface area contributed by atoms with E-state index < -0.39 is 23.5 Å². The van der Waals surface area contributed by atoms with Crippen molar-refractivity contribution in [1.29, 1.82) is 0 Å². The highest BCUT2D eigenvalue weighted by molar-refractivity contribution is 7.98. The van der Waals surface area contributed by atoms with Crippen molar-refractivity contribution in [2.75, 3.05) is 0 Å². The Morgan fingerprint density at radius 2 is 1.56 bits per heavy atom. The summed E-state index contributed by atoms with van der Waals surface area (Å²) in [6, 6.07) is 14.2. The summed E-state index contributed by atoms with van der Waals surface area (Å²) in [5.74, 6) is 0.564. The second-order valence-electron chi connectivity index (χ2n) is 9.70. The first-order chi connectivity index (χ1) is 18.5. The summed E-state index contributed by atoms with van der Waals surface area (Å²) < 4.78 is 83.1. The largest absolute Gasteiger partial charge is 0.490 e. The van der Waals surface area contributed by atoms with Gasteiger partial charge in [0.25, 0.3) is 5.91 Å². The molecule has 2 fully saturated rings. The average Bonchev–Trinajstić information content (AvgIpc) is 3.16. The van der Waals surface area contributed by atoms with Crippen molar-refractivity contribution in [3.05, 3.63) is 89.1 Å². The highest BCUT2D eigenvalue weighted by Gasteiger charge is 2.44. The molecule has 11 heteroatoms. The fourth-order valence-corrected chi connectivity index (χ4v) is 5.97. The maximum atomic E-state index is 13.3. The second kappa shape index (κ2) is 10.7. The zero-order chi connectivity index (χ0) is 27.8. The van der Waals surface area contributed by atoms with Gasteiger partial charge in [-0.2, -0.15) is 26.3 Å². The third kappa shape index (κ3) is 6.34. The van der Waals surface area contributed by atoms with Gasteiger partial charge in [-0.3, -0.25) is 4.79 Å². The molecule has 0 saturated carbocycles. The van der Waals surface area contributed by atoms with Crippen molar-refractivity contribution in [3.63, 3.8) is 0 Å². The van der Waals surface area contributed by atoms with Gasteiger partial charge >= 0.3 is 12.4 Å². The Balaban J connectivity index is 1.17. The number of carbonyl (C=O) groups excluding carboxylic acids is 1. The molecule has 2 aromatic carbocycles. The van der Waals surface area contributed by atoms with E-state index in [-0.39, 0.29) is 29.8 Å². The fraction of sp³-hybridized carbons (Fsp3) is 0.357. The van der Waals surface area contributed by atoms with Gasteiger partial charge < -0.3 is 9.64 Å². The first-order valence-corrected chi connectivity index (χ1v) is 13.4. The summed E-state index contributed by atoms with van der Waals surface area (Å²) in [6.45, 7) is 0. The molecule has 3 heterocycles. The van der Waals surface area contributed by atoms with Crippen molar-refractivity contribution >= 4 is 17.7 Å². The van der Waals surface area contributed by atoms with Crippen molar-refractivity contribution in [1.82, 2.24) is 9.88 Å². The van der Waals surface area contributed by atoms with E-state index in [1.165, 1.54) is 30.0 Å². The van der Waals surface area contributed by atoms with E-state index in [9.17, 15) is 31.1 Å². The number of ether oxygens (including phenoxy) is 1. The van der Waals surface area contributed by atoms with Gasteiger partial charge in [-0.05, 0) is 60.9 Å². The molecule has 2 saturated heterocycles. The predicted octanol–water partition coefficient (Wildman–Crippen LogP) is 7.63. The lowest BCUT2D eigenvalue weighted by molar-refractivity contribution is -0.138. The van der Waals surface area contributed by atoms with Gasteiger partial charge in [-0.25, -0.2) is 4.98 Å². The Bertz CT molecular complexity index is 1300. The number of aromatic nitrogens is 1. The van der Waals surface area contributed by atoms with Gasteiger partial charge in [0.1, 0.15) is 11.9 Å². The number of amides is 1. The molecule has 5 rings (SSSR count). The minimum Gasteiger partial charge on any atom is -0.490 e. The number of rotatable bonds is 6. The number of pyridine rings is 1. The Hall–Kier alpha value is -3.21. The van der Waals surface area contributed by atoms with Gasteiger partial charge in [-0.15, -0.1) is 11.8 Å². The SMILES string of the molecule is O=C(c1ccc(CSc2ccc(C(F)(F)F)cn2)cc1)N1C2CCC1CC(Oc1cccc(C(F)(F)F)c1)C2. The molecule has 1 aromatic heterocycles. The number of hydrogen-bond acceptors (Lipinski definition) is 4. The van der Waals surface area contributed by atoms with Gasteiger partial charge in [0.05, 0.1) is 16.2 Å². The van der Waals surface area contributed by atoms with Crippen molar-refractivity contribution in [3.8, 4) is 5.75 Å². The summed E-state index contributed by atoms with van der Waals surface area (Å²) in [5.41, 5.74) is -0.122. The van der Waals surface area contributed by atoms with Gasteiger partial charge in [0.2, 0.25) is 0 Å². The van der Waals surface area contributed by atoms with E-state index in [0.717, 1.165) is 42.8 Å². The van der Waals surface area contributed by atoms with Crippen LogP contribution in [0.3, 0.4) is 0 Å². The van der Waals surface area contributed by atoms with Crippen LogP contribution in [-0.2, 0) is 18.1 Å². The van der Waals surface area contributed by atoms with Gasteiger partial charge in [0.15, 0.2) is 0 Å². The van der Waals surface area contributed by atoms with Crippen LogP contribution >= 0.6 is 11.8 Å². The number of alkyl halides is 6. The monoisotopic (exact) mass is 566 g/mol. The maximum Gasteiger partial charge on any atom is 0.417 e. The molecule has 0 radical (unpaired) electrons. The van der Waals surface area contributed by atoms with Crippen molar-refractivity contribution in [2.24, 2.45) is 0 Å². The fourth-order valence-electron chi connectivity index (χ4n) is 5.18. The summed E-state index contributed by atoms with van der Waals surface area (Å²) in [7, 11) is 0. The number of fused-ring (bicyclic) bond motifs is 2. The molecule has 0 N–H and O–H groups in total. The quantitative estimate of drug-likeness (QED) is 0.227. The van der Waals surface area contributed by atoms with Gasteiger partial charge in [0, 0.05) is 42.4 Å². The Labute approximate surface area is 225 Å². The minimum absolute atomic E-state index is 0.0481. The number of nitrogens with zero attached hydrogens (tertiary/aromatic N) is 2. The zero-order valence-corrected chi connectivity index (χ0v) is 21.3. The van der Waals surface area contributed by atoms with E-state index in [2.05, 4.69) is 4.98 Å². The van der Waals surface area contributed by atoms with Gasteiger partial charge in [-0.1, -0.05) is 18.2 Å². The molecular formula is C28H24F6N2O2S. The molecule has 4 nitrogen and oxygen atoms in total. The van der Waals surface area contributed by atoms with Crippen molar-refractivity contribution in [2.45, 2.75) is 67.0 Å². The lowest BCUT2D eigenvalue weighted by Crippen LogP contribution is -2.49. The summed E-state index contributed by atoms with van der Waals surface area (Å²) >= 11 is 1.30. The molecule has 39 heavy (non-hydrogen) atoms. The number of thioether (sulfide) groups is 1. The molecule has 206 valence electrons. The summed E-state index contributed by atoms with van der Waals surface area (Å²) in [5, 5.41) is 0.468. The Morgan fingerprint density at radius 1 is 0.897 bits per heavy atom. The minimum atomic E-state index is -4.44. The highest BCUT2D eigenvalue weighted by Crippen LogP contribution is 2.39. The van der Waals surface area contributed by atoms with Crippen LogP contribution in [-0.4, -0.2) is 34.0 Å². The molecule has 2 unspecified atom stereocenters. The molecule has 0 spiro atoms. The third-order valence-electron chi connectivity index (χ3n) is 7.04. The molecular weight excluding hydrogens is 542 g/mol. The molecule has 3 aromatic rings. The highest BCUT2D eigenvalue weighted by atomic mass is 32.2. The molecule has 2 bridgehead atoms. The normalized spacial score (nSPS) is 21.2. The van der Waals surface area contributed by atoms with E-state index in [0.29, 0.717) is 29.2 Å². The van der Waals surface area contributed by atoms with Crippen LogP contribution in [0, 0.1) is 0 Å². The number of piperidine rings is 1. The second-order valence-corrected chi connectivity index (χ2v) is 10.7. The topological polar surface area (TPSA) is 42.4 Å².